The van der Waals surface area contributed by atoms with E-state index in [4.69, 9.17) is 4.42 Å². The average Bonchev–Trinajstić information content (AvgIpc) is 3.05. The van der Waals surface area contributed by atoms with Crippen molar-refractivity contribution in [3.63, 3.8) is 0 Å². The van der Waals surface area contributed by atoms with Crippen molar-refractivity contribution in [2.45, 2.75) is 25.0 Å². The molecule has 1 aromatic heterocycles. The van der Waals surface area contributed by atoms with E-state index in [1.165, 1.54) is 11.8 Å². The van der Waals surface area contributed by atoms with Crippen LogP contribution < -0.4 is 5.32 Å². The Bertz CT molecular complexity index is 833. The highest BCUT2D eigenvalue weighted by molar-refractivity contribution is 7.99. The van der Waals surface area contributed by atoms with E-state index in [9.17, 15) is 4.79 Å². The Morgan fingerprint density at radius 2 is 1.84 bits per heavy atom. The van der Waals surface area contributed by atoms with Crippen LogP contribution in [0.2, 0.25) is 0 Å². The molecule has 0 saturated carbocycles. The monoisotopic (exact) mass is 353 g/mol. The summed E-state index contributed by atoms with van der Waals surface area (Å²) in [5, 5.41) is 11.5. The molecule has 0 spiro atoms. The van der Waals surface area contributed by atoms with Gasteiger partial charge < -0.3 is 9.73 Å². The summed E-state index contributed by atoms with van der Waals surface area (Å²) in [6.07, 6.45) is 0.998. The van der Waals surface area contributed by atoms with E-state index in [0.717, 1.165) is 16.8 Å². The molecule has 0 aliphatic heterocycles. The van der Waals surface area contributed by atoms with E-state index >= 15 is 0 Å². The third-order valence-electron chi connectivity index (χ3n) is 3.62. The van der Waals surface area contributed by atoms with E-state index in [1.807, 2.05) is 61.5 Å². The number of hydrogen-bond donors (Lipinski definition) is 1. The maximum atomic E-state index is 12.0. The van der Waals surface area contributed by atoms with Crippen LogP contribution in [-0.4, -0.2) is 21.9 Å². The molecule has 0 radical (unpaired) electrons. The maximum absolute atomic E-state index is 12.0. The van der Waals surface area contributed by atoms with Gasteiger partial charge in [-0.05, 0) is 24.1 Å². The van der Waals surface area contributed by atoms with Crippen LogP contribution in [0.15, 0.2) is 64.2 Å². The largest absolute Gasteiger partial charge is 0.416 e. The molecule has 0 saturated heterocycles. The molecule has 1 N–H and O–H groups in total. The van der Waals surface area contributed by atoms with Crippen LogP contribution in [0.25, 0.3) is 0 Å². The molecule has 0 fully saturated rings. The zero-order valence-corrected chi connectivity index (χ0v) is 14.8. The lowest BCUT2D eigenvalue weighted by molar-refractivity contribution is -0.115. The zero-order valence-electron chi connectivity index (χ0n) is 13.9. The van der Waals surface area contributed by atoms with Crippen molar-refractivity contribution in [3.05, 3.63) is 71.6 Å². The lowest BCUT2D eigenvalue weighted by atomic mass is 10.2. The second-order valence-corrected chi connectivity index (χ2v) is 6.63. The number of carbonyl (C=O) groups excluding carboxylic acids is 1. The van der Waals surface area contributed by atoms with Crippen molar-refractivity contribution >= 4 is 23.4 Å². The number of anilines is 1. The van der Waals surface area contributed by atoms with Crippen molar-refractivity contribution in [1.29, 1.82) is 0 Å². The van der Waals surface area contributed by atoms with Gasteiger partial charge in [-0.1, -0.05) is 60.3 Å². The van der Waals surface area contributed by atoms with E-state index in [1.54, 1.807) is 0 Å². The van der Waals surface area contributed by atoms with Gasteiger partial charge in [-0.3, -0.25) is 4.79 Å². The summed E-state index contributed by atoms with van der Waals surface area (Å²) in [6, 6.07) is 17.7. The molecule has 0 atom stereocenters. The van der Waals surface area contributed by atoms with Gasteiger partial charge in [0.15, 0.2) is 0 Å². The van der Waals surface area contributed by atoms with Gasteiger partial charge in [0.2, 0.25) is 11.8 Å². The van der Waals surface area contributed by atoms with Crippen molar-refractivity contribution in [2.24, 2.45) is 0 Å². The Labute approximate surface area is 150 Å². The van der Waals surface area contributed by atoms with Crippen LogP contribution in [0.1, 0.15) is 23.4 Å². The zero-order chi connectivity index (χ0) is 17.5. The molecule has 3 rings (SSSR count). The standard InChI is InChI=1S/C19H19N3O2S/c1-14-7-5-6-10-16(14)20-17(23)11-12-25-19-22-21-18(24-19)13-15-8-3-2-4-9-15/h2-10H,11-13H2,1H3,(H,20,23). The molecule has 6 heteroatoms. The summed E-state index contributed by atoms with van der Waals surface area (Å²) in [5.74, 6) is 1.15. The molecular formula is C19H19N3O2S. The Morgan fingerprint density at radius 3 is 2.64 bits per heavy atom. The molecule has 5 nitrogen and oxygen atoms in total. The Kier molecular flexibility index (Phi) is 5.85. The van der Waals surface area contributed by atoms with Crippen LogP contribution in [0.3, 0.4) is 0 Å². The summed E-state index contributed by atoms with van der Waals surface area (Å²) in [6.45, 7) is 1.97. The fraction of sp³-hybridized carbons (Fsp3) is 0.211. The molecule has 0 aliphatic carbocycles. The van der Waals surface area contributed by atoms with E-state index in [-0.39, 0.29) is 5.91 Å². The molecule has 0 unspecified atom stereocenters. The predicted molar refractivity (Wildman–Crippen MR) is 98.7 cm³/mol. The minimum absolute atomic E-state index is 0.0224. The van der Waals surface area contributed by atoms with Gasteiger partial charge in [0, 0.05) is 17.9 Å². The van der Waals surface area contributed by atoms with Gasteiger partial charge in [-0.15, -0.1) is 10.2 Å². The molecule has 1 amide bonds. The number of amides is 1. The third-order valence-corrected chi connectivity index (χ3v) is 4.44. The molecular weight excluding hydrogens is 334 g/mol. The highest BCUT2D eigenvalue weighted by atomic mass is 32.2. The number of benzene rings is 2. The number of rotatable bonds is 7. The summed E-state index contributed by atoms with van der Waals surface area (Å²) in [5.41, 5.74) is 3.02. The fourth-order valence-corrected chi connectivity index (χ4v) is 3.01. The first-order valence-corrected chi connectivity index (χ1v) is 9.04. The molecule has 3 aromatic rings. The topological polar surface area (TPSA) is 68.0 Å². The van der Waals surface area contributed by atoms with Crippen LogP contribution >= 0.6 is 11.8 Å². The van der Waals surface area contributed by atoms with Crippen LogP contribution in [0.5, 0.6) is 0 Å². The first-order valence-electron chi connectivity index (χ1n) is 8.05. The smallest absolute Gasteiger partial charge is 0.276 e. The summed E-state index contributed by atoms with van der Waals surface area (Å²) < 4.78 is 5.62. The normalized spacial score (nSPS) is 10.6. The Balaban J connectivity index is 1.45. The first kappa shape index (κ1) is 17.2. The van der Waals surface area contributed by atoms with E-state index < -0.39 is 0 Å². The lowest BCUT2D eigenvalue weighted by Crippen LogP contribution is -2.12. The molecule has 1 heterocycles. The van der Waals surface area contributed by atoms with E-state index in [2.05, 4.69) is 15.5 Å². The molecule has 0 bridgehead atoms. The van der Waals surface area contributed by atoms with Crippen molar-refractivity contribution in [1.82, 2.24) is 10.2 Å². The van der Waals surface area contributed by atoms with Gasteiger partial charge in [0.1, 0.15) is 0 Å². The number of para-hydroxylation sites is 1. The molecule has 2 aromatic carbocycles. The maximum Gasteiger partial charge on any atom is 0.276 e. The summed E-state index contributed by atoms with van der Waals surface area (Å²) in [7, 11) is 0. The van der Waals surface area contributed by atoms with Gasteiger partial charge in [-0.25, -0.2) is 0 Å². The number of hydrogen-bond acceptors (Lipinski definition) is 5. The minimum atomic E-state index is -0.0224. The highest BCUT2D eigenvalue weighted by Crippen LogP contribution is 2.19. The van der Waals surface area contributed by atoms with Gasteiger partial charge >= 0.3 is 0 Å². The minimum Gasteiger partial charge on any atom is -0.416 e. The predicted octanol–water partition coefficient (Wildman–Crippen LogP) is 4.09. The highest BCUT2D eigenvalue weighted by Gasteiger charge is 2.09. The fourth-order valence-electron chi connectivity index (χ4n) is 2.30. The van der Waals surface area contributed by atoms with Crippen molar-refractivity contribution < 1.29 is 9.21 Å². The lowest BCUT2D eigenvalue weighted by Gasteiger charge is -2.07. The van der Waals surface area contributed by atoms with Crippen LogP contribution in [-0.2, 0) is 11.2 Å². The van der Waals surface area contributed by atoms with Crippen LogP contribution in [0.4, 0.5) is 5.69 Å². The van der Waals surface area contributed by atoms with Gasteiger partial charge in [-0.2, -0.15) is 0 Å². The number of nitrogens with one attached hydrogen (secondary N) is 1. The molecule has 128 valence electrons. The van der Waals surface area contributed by atoms with E-state index in [0.29, 0.717) is 29.7 Å². The SMILES string of the molecule is Cc1ccccc1NC(=O)CCSc1nnc(Cc2ccccc2)o1. The number of nitrogens with zero attached hydrogens (tertiary/aromatic N) is 2. The quantitative estimate of drug-likeness (QED) is 0.648. The van der Waals surface area contributed by atoms with Crippen molar-refractivity contribution in [3.8, 4) is 0 Å². The Hall–Kier alpha value is -2.60. The number of aryl methyl sites for hydroxylation is 1. The Morgan fingerprint density at radius 1 is 1.08 bits per heavy atom. The van der Waals surface area contributed by atoms with Crippen LogP contribution in [0, 0.1) is 6.92 Å². The van der Waals surface area contributed by atoms with Crippen molar-refractivity contribution in [2.75, 3.05) is 11.1 Å². The first-order chi connectivity index (χ1) is 12.2. The summed E-state index contributed by atoms with van der Waals surface area (Å²) >= 11 is 1.39. The second-order valence-electron chi connectivity index (χ2n) is 5.59. The summed E-state index contributed by atoms with van der Waals surface area (Å²) in [4.78, 5) is 12.0. The molecule has 0 aliphatic rings. The molecule has 25 heavy (non-hydrogen) atoms. The number of thioether (sulfide) groups is 1. The van der Waals surface area contributed by atoms with Gasteiger partial charge in [0.05, 0.1) is 6.42 Å². The number of carbonyl (C=O) groups is 1. The average molecular weight is 353 g/mol. The van der Waals surface area contributed by atoms with Gasteiger partial charge in [0.25, 0.3) is 5.22 Å². The third kappa shape index (κ3) is 5.19. The second kappa shape index (κ2) is 8.48. The number of aromatic nitrogens is 2.